The Labute approximate surface area is 220 Å². The molecule has 0 aliphatic heterocycles. The number of Topliss-reactive ketones (excluding diaryl/α,β-unsaturated/α-hetero) is 1. The van der Waals surface area contributed by atoms with Crippen LogP contribution in [0.4, 0.5) is 0 Å². The molecular formula is C29H28ClN3O4. The first-order chi connectivity index (χ1) is 18.1. The lowest BCUT2D eigenvalue weighted by atomic mass is 10.0. The molecular weight excluding hydrogens is 490 g/mol. The van der Waals surface area contributed by atoms with Crippen LogP contribution in [0.15, 0.2) is 83.3 Å². The topological polar surface area (TPSA) is 94.3 Å². The Morgan fingerprint density at radius 1 is 0.811 bits per heavy atom. The zero-order chi connectivity index (χ0) is 25.9. The van der Waals surface area contributed by atoms with Crippen molar-refractivity contribution in [1.82, 2.24) is 15.5 Å². The second-order valence-electron chi connectivity index (χ2n) is 8.59. The molecule has 190 valence electrons. The number of ketones is 1. The highest BCUT2D eigenvalue weighted by Gasteiger charge is 2.15. The second kappa shape index (κ2) is 13.4. The van der Waals surface area contributed by atoms with Crippen molar-refractivity contribution in [2.45, 2.75) is 45.1 Å². The number of benzene rings is 3. The number of rotatable bonds is 13. The minimum atomic E-state index is -0.632. The Kier molecular flexibility index (Phi) is 9.43. The van der Waals surface area contributed by atoms with Crippen LogP contribution in [0.5, 0.6) is 11.5 Å². The summed E-state index contributed by atoms with van der Waals surface area (Å²) in [6.07, 6.45) is 4.98. The van der Waals surface area contributed by atoms with Crippen molar-refractivity contribution in [1.29, 1.82) is 0 Å². The number of carbonyl (C=O) groups is 2. The first kappa shape index (κ1) is 26.1. The van der Waals surface area contributed by atoms with Gasteiger partial charge in [0.1, 0.15) is 11.5 Å². The van der Waals surface area contributed by atoms with Gasteiger partial charge in [0.25, 0.3) is 5.91 Å². The van der Waals surface area contributed by atoms with Crippen LogP contribution in [-0.2, 0) is 22.6 Å². The number of unbranched alkanes of at least 4 members (excludes halogenated alkanes) is 3. The average Bonchev–Trinajstić information content (AvgIpc) is 3.40. The van der Waals surface area contributed by atoms with Crippen LogP contribution in [-0.4, -0.2) is 21.9 Å². The van der Waals surface area contributed by atoms with Gasteiger partial charge in [0.15, 0.2) is 0 Å². The van der Waals surface area contributed by atoms with Crippen molar-refractivity contribution in [2.75, 3.05) is 0 Å². The van der Waals surface area contributed by atoms with E-state index >= 15 is 0 Å². The molecule has 0 radical (unpaired) electrons. The quantitative estimate of drug-likeness (QED) is 0.159. The summed E-state index contributed by atoms with van der Waals surface area (Å²) in [5, 5.41) is 11.2. The molecule has 1 aromatic heterocycles. The number of aromatic nitrogens is 2. The second-order valence-corrected chi connectivity index (χ2v) is 9.02. The highest BCUT2D eigenvalue weighted by atomic mass is 35.5. The molecule has 0 atom stereocenters. The van der Waals surface area contributed by atoms with E-state index in [4.69, 9.17) is 20.8 Å². The molecule has 0 saturated heterocycles. The van der Waals surface area contributed by atoms with E-state index < -0.39 is 11.7 Å². The number of carbonyl (C=O) groups excluding carboxylic acids is 2. The fourth-order valence-corrected chi connectivity index (χ4v) is 3.85. The molecule has 8 heteroatoms. The Morgan fingerprint density at radius 3 is 2.22 bits per heavy atom. The van der Waals surface area contributed by atoms with E-state index in [0.29, 0.717) is 34.4 Å². The van der Waals surface area contributed by atoms with Gasteiger partial charge >= 0.3 is 0 Å². The van der Waals surface area contributed by atoms with Crippen molar-refractivity contribution < 1.29 is 18.7 Å². The fourth-order valence-electron chi connectivity index (χ4n) is 3.73. The highest BCUT2D eigenvalue weighted by Crippen LogP contribution is 2.26. The zero-order valence-corrected chi connectivity index (χ0v) is 21.1. The third kappa shape index (κ3) is 8.29. The summed E-state index contributed by atoms with van der Waals surface area (Å²) in [6, 6.07) is 24.6. The standard InChI is InChI=1S/C29H28ClN3O4/c30-23-14-18-25(19-15-23)36-24-16-12-22(13-17-24)29-33-32-27(37-29)20-31-28(35)26(34)11-7-2-1-4-8-21-9-5-3-6-10-21/h3,5-6,9-10,12-19H,1-2,4,7-8,11,20H2,(H,31,35). The predicted molar refractivity (Wildman–Crippen MR) is 141 cm³/mol. The molecule has 0 bridgehead atoms. The molecule has 0 spiro atoms. The number of ether oxygens (including phenoxy) is 1. The SMILES string of the molecule is O=C(CCCCCCc1ccccc1)C(=O)NCc1nnc(-c2ccc(Oc3ccc(Cl)cc3)cc2)o1. The van der Waals surface area contributed by atoms with Gasteiger partial charge in [0.05, 0.1) is 6.54 Å². The maximum Gasteiger partial charge on any atom is 0.287 e. The van der Waals surface area contributed by atoms with E-state index in [2.05, 4.69) is 27.6 Å². The smallest absolute Gasteiger partial charge is 0.287 e. The average molecular weight is 518 g/mol. The molecule has 4 aromatic rings. The Morgan fingerprint density at radius 2 is 1.49 bits per heavy atom. The minimum absolute atomic E-state index is 0.00753. The molecule has 3 aromatic carbocycles. The fraction of sp³-hybridized carbons (Fsp3) is 0.241. The van der Waals surface area contributed by atoms with Gasteiger partial charge < -0.3 is 14.5 Å². The van der Waals surface area contributed by atoms with Crippen molar-refractivity contribution in [2.24, 2.45) is 0 Å². The Bertz CT molecular complexity index is 1290. The Hall–Kier alpha value is -3.97. The van der Waals surface area contributed by atoms with E-state index in [1.54, 1.807) is 48.5 Å². The normalized spacial score (nSPS) is 10.7. The van der Waals surface area contributed by atoms with E-state index in [-0.39, 0.29) is 18.9 Å². The first-order valence-electron chi connectivity index (χ1n) is 12.3. The van der Waals surface area contributed by atoms with Gasteiger partial charge in [-0.1, -0.05) is 54.8 Å². The number of amides is 1. The van der Waals surface area contributed by atoms with E-state index in [1.165, 1.54) is 5.56 Å². The summed E-state index contributed by atoms with van der Waals surface area (Å²) < 4.78 is 11.4. The molecule has 0 aliphatic rings. The lowest BCUT2D eigenvalue weighted by molar-refractivity contribution is -0.138. The van der Waals surface area contributed by atoms with E-state index in [9.17, 15) is 9.59 Å². The zero-order valence-electron chi connectivity index (χ0n) is 20.4. The van der Waals surface area contributed by atoms with Gasteiger partial charge in [-0.3, -0.25) is 9.59 Å². The lowest BCUT2D eigenvalue weighted by Crippen LogP contribution is -2.30. The van der Waals surface area contributed by atoms with Crippen LogP contribution in [0.3, 0.4) is 0 Å². The van der Waals surface area contributed by atoms with Crippen molar-refractivity contribution in [3.05, 3.63) is 95.3 Å². The third-order valence-corrected chi connectivity index (χ3v) is 5.98. The number of hydrogen-bond acceptors (Lipinski definition) is 6. The van der Waals surface area contributed by atoms with Gasteiger partial charge in [-0.15, -0.1) is 10.2 Å². The van der Waals surface area contributed by atoms with Crippen molar-refractivity contribution >= 4 is 23.3 Å². The maximum absolute atomic E-state index is 12.1. The van der Waals surface area contributed by atoms with Crippen LogP contribution in [0, 0.1) is 0 Å². The molecule has 0 saturated carbocycles. The molecule has 37 heavy (non-hydrogen) atoms. The van der Waals surface area contributed by atoms with Crippen LogP contribution in [0.2, 0.25) is 5.02 Å². The van der Waals surface area contributed by atoms with Gasteiger partial charge in [-0.25, -0.2) is 0 Å². The number of nitrogens with zero attached hydrogens (tertiary/aromatic N) is 2. The number of aryl methyl sites for hydroxylation is 1. The molecule has 1 heterocycles. The highest BCUT2D eigenvalue weighted by molar-refractivity contribution is 6.36. The van der Waals surface area contributed by atoms with E-state index in [0.717, 1.165) is 25.7 Å². The van der Waals surface area contributed by atoms with Gasteiger partial charge in [-0.05, 0) is 73.4 Å². The van der Waals surface area contributed by atoms with Crippen LogP contribution in [0.25, 0.3) is 11.5 Å². The third-order valence-electron chi connectivity index (χ3n) is 5.73. The summed E-state index contributed by atoms with van der Waals surface area (Å²) in [6.45, 7) is -0.00753. The van der Waals surface area contributed by atoms with Crippen LogP contribution in [0.1, 0.15) is 43.6 Å². The van der Waals surface area contributed by atoms with E-state index in [1.807, 2.05) is 18.2 Å². The summed E-state index contributed by atoms with van der Waals surface area (Å²) in [4.78, 5) is 24.3. The molecule has 1 amide bonds. The monoisotopic (exact) mass is 517 g/mol. The summed E-state index contributed by atoms with van der Waals surface area (Å²) >= 11 is 5.89. The maximum atomic E-state index is 12.1. The van der Waals surface area contributed by atoms with Crippen molar-refractivity contribution in [3.63, 3.8) is 0 Å². The van der Waals surface area contributed by atoms with Gasteiger partial charge in [0, 0.05) is 17.0 Å². The van der Waals surface area contributed by atoms with Crippen LogP contribution >= 0.6 is 11.6 Å². The van der Waals surface area contributed by atoms with Crippen molar-refractivity contribution in [3.8, 4) is 23.0 Å². The van der Waals surface area contributed by atoms with Gasteiger partial charge in [-0.2, -0.15) is 0 Å². The summed E-state index contributed by atoms with van der Waals surface area (Å²) in [7, 11) is 0. The molecule has 0 fully saturated rings. The molecule has 0 aliphatic carbocycles. The lowest BCUT2D eigenvalue weighted by Gasteiger charge is -2.05. The van der Waals surface area contributed by atoms with Gasteiger partial charge in [0.2, 0.25) is 17.6 Å². The number of nitrogens with one attached hydrogen (secondary N) is 1. The molecule has 0 unspecified atom stereocenters. The molecule has 1 N–H and O–H groups in total. The number of halogens is 1. The summed E-state index contributed by atoms with van der Waals surface area (Å²) in [5.41, 5.74) is 2.03. The minimum Gasteiger partial charge on any atom is -0.457 e. The Balaban J connectivity index is 1.15. The largest absolute Gasteiger partial charge is 0.457 e. The van der Waals surface area contributed by atoms with Crippen LogP contribution < -0.4 is 10.1 Å². The first-order valence-corrected chi connectivity index (χ1v) is 12.7. The summed E-state index contributed by atoms with van der Waals surface area (Å²) in [5.74, 6) is 0.785. The molecule has 7 nitrogen and oxygen atoms in total. The number of hydrogen-bond donors (Lipinski definition) is 1. The predicted octanol–water partition coefficient (Wildman–Crippen LogP) is 6.56. The molecule has 4 rings (SSSR count).